The van der Waals surface area contributed by atoms with Crippen LogP contribution in [-0.2, 0) is 38.6 Å². The molecule has 0 amide bonds. The van der Waals surface area contributed by atoms with Crippen molar-refractivity contribution in [2.75, 3.05) is 7.11 Å². The number of ketones is 1. The fraction of sp³-hybridized carbons (Fsp3) is 0.158. The fourth-order valence-corrected chi connectivity index (χ4v) is 3.80. The van der Waals surface area contributed by atoms with E-state index in [-0.39, 0.29) is 11.1 Å². The predicted octanol–water partition coefficient (Wildman–Crippen LogP) is 0.155. The Bertz CT molecular complexity index is 1230. The number of benzene rings is 2. The highest BCUT2D eigenvalue weighted by Gasteiger charge is 2.50. The number of esters is 1. The summed E-state index contributed by atoms with van der Waals surface area (Å²) in [5.74, 6) is -5.05. The topological polar surface area (TPSA) is 122 Å². The smallest absolute Gasteiger partial charge is 0.340 e. The summed E-state index contributed by atoms with van der Waals surface area (Å²) in [7, 11) is 13.7. The summed E-state index contributed by atoms with van der Waals surface area (Å²) in [5, 5.41) is 0. The van der Waals surface area contributed by atoms with Crippen molar-refractivity contribution in [1.29, 1.82) is 0 Å². The van der Waals surface area contributed by atoms with E-state index in [1.165, 1.54) is 24.3 Å². The van der Waals surface area contributed by atoms with Crippen LogP contribution in [0.25, 0.3) is 0 Å². The highest BCUT2D eigenvalue weighted by molar-refractivity contribution is 7.90. The van der Waals surface area contributed by atoms with Crippen molar-refractivity contribution in [3.05, 3.63) is 82.7 Å². The SMILES string of the molecule is [B]C([B])(c1ccccc1)S(=O)(=O)OC1=C(N)O[C@@]([B])(c2ccc(C(=O)OC)c(F)c2)C1=O. The maximum absolute atomic E-state index is 14.3. The lowest BCUT2D eigenvalue weighted by atomic mass is 9.65. The van der Waals surface area contributed by atoms with E-state index in [1.54, 1.807) is 6.07 Å². The van der Waals surface area contributed by atoms with Gasteiger partial charge in [0.05, 0.1) is 32.9 Å². The zero-order valence-corrected chi connectivity index (χ0v) is 17.4. The summed E-state index contributed by atoms with van der Waals surface area (Å²) in [4.78, 5) is 24.4. The van der Waals surface area contributed by atoms with Gasteiger partial charge in [-0.3, -0.25) is 4.79 Å². The molecule has 2 N–H and O–H groups in total. The monoisotopic (exact) mass is 451 g/mol. The number of rotatable bonds is 6. The summed E-state index contributed by atoms with van der Waals surface area (Å²) in [6.07, 6.45) is 0. The Balaban J connectivity index is 1.93. The molecule has 32 heavy (non-hydrogen) atoms. The minimum Gasteiger partial charge on any atom is -0.467 e. The molecule has 1 heterocycles. The van der Waals surface area contributed by atoms with Gasteiger partial charge in [-0.1, -0.05) is 36.4 Å². The fourth-order valence-electron chi connectivity index (χ4n) is 2.86. The first-order valence-electron chi connectivity index (χ1n) is 8.83. The van der Waals surface area contributed by atoms with E-state index in [9.17, 15) is 22.4 Å². The van der Waals surface area contributed by atoms with Gasteiger partial charge in [-0.05, 0) is 23.3 Å². The summed E-state index contributed by atoms with van der Waals surface area (Å²) >= 11 is 0. The number of ether oxygens (including phenoxy) is 2. The van der Waals surface area contributed by atoms with Gasteiger partial charge >= 0.3 is 16.1 Å². The molecule has 158 valence electrons. The standard InChI is InChI=1S/C19H13B3FNO7S/c1-29-17(26)12-8-7-11(9-13(12)23)18(20)15(25)14(16(24)30-18)31-32(27,28)19(21,22)10-5-3-2-4-6-10/h2-9H,24H2,1H3/t18-/m0/s1. The number of halogens is 1. The predicted molar refractivity (Wildman–Crippen MR) is 112 cm³/mol. The van der Waals surface area contributed by atoms with E-state index in [0.717, 1.165) is 25.3 Å². The third kappa shape index (κ3) is 3.77. The second-order valence-electron chi connectivity index (χ2n) is 6.74. The average Bonchev–Trinajstić information content (AvgIpc) is 2.97. The zero-order valence-electron chi connectivity index (χ0n) is 16.6. The zero-order chi connectivity index (χ0) is 23.9. The van der Waals surface area contributed by atoms with Crippen molar-refractivity contribution < 1.29 is 36.1 Å². The second kappa shape index (κ2) is 8.05. The van der Waals surface area contributed by atoms with E-state index >= 15 is 0 Å². The first kappa shape index (κ1) is 23.5. The molecule has 8 nitrogen and oxygen atoms in total. The normalized spacial score (nSPS) is 18.9. The van der Waals surface area contributed by atoms with E-state index in [0.29, 0.717) is 0 Å². The van der Waals surface area contributed by atoms with Crippen molar-refractivity contribution in [3.8, 4) is 0 Å². The Morgan fingerprint density at radius 1 is 1.19 bits per heavy atom. The van der Waals surface area contributed by atoms with E-state index in [2.05, 4.69) is 4.74 Å². The van der Waals surface area contributed by atoms with Crippen LogP contribution in [0.1, 0.15) is 21.5 Å². The largest absolute Gasteiger partial charge is 0.467 e. The van der Waals surface area contributed by atoms with E-state index in [1.807, 2.05) is 0 Å². The van der Waals surface area contributed by atoms with Crippen LogP contribution < -0.4 is 5.73 Å². The van der Waals surface area contributed by atoms with E-state index < -0.39 is 54.9 Å². The molecule has 0 aromatic heterocycles. The molecule has 1 atom stereocenters. The lowest BCUT2D eigenvalue weighted by molar-refractivity contribution is -0.126. The molecule has 6 radical (unpaired) electrons. The summed E-state index contributed by atoms with van der Waals surface area (Å²) in [6.45, 7) is 0. The molecule has 0 spiro atoms. The van der Waals surface area contributed by atoms with Crippen LogP contribution in [0.2, 0.25) is 0 Å². The first-order chi connectivity index (χ1) is 14.8. The van der Waals surface area contributed by atoms with Crippen molar-refractivity contribution in [2.45, 2.75) is 10.0 Å². The average molecular weight is 451 g/mol. The van der Waals surface area contributed by atoms with Gasteiger partial charge in [0.25, 0.3) is 0 Å². The van der Waals surface area contributed by atoms with Gasteiger partial charge in [0.2, 0.25) is 17.4 Å². The number of hydrogen-bond acceptors (Lipinski definition) is 8. The lowest BCUT2D eigenvalue weighted by Gasteiger charge is -2.26. The summed E-state index contributed by atoms with van der Waals surface area (Å²) < 4.78 is 51.6. The van der Waals surface area contributed by atoms with E-state index in [4.69, 9.17) is 38.2 Å². The van der Waals surface area contributed by atoms with Gasteiger partial charge in [0.15, 0.2) is 5.50 Å². The highest BCUT2D eigenvalue weighted by atomic mass is 32.2. The molecule has 0 fully saturated rings. The minimum atomic E-state index is -4.90. The number of hydrogen-bond donors (Lipinski definition) is 1. The number of Topliss-reactive ketones (excluding diaryl/α,β-unsaturated/α-hetero) is 1. The van der Waals surface area contributed by atoms with Gasteiger partial charge < -0.3 is 19.4 Å². The molecule has 0 unspecified atom stereocenters. The quantitative estimate of drug-likeness (QED) is 0.375. The lowest BCUT2D eigenvalue weighted by Crippen LogP contribution is -2.40. The van der Waals surface area contributed by atoms with Crippen LogP contribution in [0, 0.1) is 5.82 Å². The highest BCUT2D eigenvalue weighted by Crippen LogP contribution is 2.38. The molecule has 0 bridgehead atoms. The molecule has 0 aliphatic carbocycles. The maximum atomic E-state index is 14.3. The molecule has 1 aliphatic rings. The second-order valence-corrected chi connectivity index (χ2v) is 8.49. The first-order valence-corrected chi connectivity index (χ1v) is 10.2. The van der Waals surface area contributed by atoms with Gasteiger partial charge in [0.1, 0.15) is 13.7 Å². The molecular weight excluding hydrogens is 438 g/mol. The summed E-state index contributed by atoms with van der Waals surface area (Å²) in [6, 6.07) is 10.1. The van der Waals surface area contributed by atoms with Crippen LogP contribution >= 0.6 is 0 Å². The molecule has 0 saturated carbocycles. The molecule has 2 aromatic rings. The minimum absolute atomic E-state index is 0.0370. The van der Waals surface area contributed by atoms with Crippen LogP contribution in [0.4, 0.5) is 4.39 Å². The van der Waals surface area contributed by atoms with Crippen LogP contribution in [0.15, 0.2) is 60.2 Å². The van der Waals surface area contributed by atoms with Crippen molar-refractivity contribution in [2.24, 2.45) is 5.73 Å². The Labute approximate surface area is 187 Å². The number of nitrogens with two attached hydrogens (primary N) is 1. The van der Waals surface area contributed by atoms with Gasteiger partial charge in [0, 0.05) is 0 Å². The Hall–Kier alpha value is -3.21. The Morgan fingerprint density at radius 2 is 1.81 bits per heavy atom. The van der Waals surface area contributed by atoms with Gasteiger partial charge in [-0.15, -0.1) is 0 Å². The van der Waals surface area contributed by atoms with Crippen LogP contribution in [-0.4, -0.2) is 50.8 Å². The molecular formula is C19H13B3FNO7S. The van der Waals surface area contributed by atoms with Gasteiger partial charge in [-0.2, -0.15) is 8.42 Å². The number of methoxy groups -OCH3 is 1. The Kier molecular flexibility index (Phi) is 5.90. The molecule has 2 aromatic carbocycles. The number of carbonyl (C=O) groups excluding carboxylic acids is 2. The third-order valence-electron chi connectivity index (χ3n) is 4.67. The van der Waals surface area contributed by atoms with Gasteiger partial charge in [-0.25, -0.2) is 9.18 Å². The molecule has 1 aliphatic heterocycles. The van der Waals surface area contributed by atoms with Crippen molar-refractivity contribution in [1.82, 2.24) is 0 Å². The Morgan fingerprint density at radius 3 is 2.38 bits per heavy atom. The van der Waals surface area contributed by atoms with Crippen LogP contribution in [0.5, 0.6) is 0 Å². The van der Waals surface area contributed by atoms with Crippen molar-refractivity contribution >= 4 is 45.4 Å². The summed E-state index contributed by atoms with van der Waals surface area (Å²) in [5.41, 5.74) is 2.45. The molecule has 13 heteroatoms. The van der Waals surface area contributed by atoms with Crippen LogP contribution in [0.3, 0.4) is 0 Å². The molecule has 3 rings (SSSR count). The number of carbonyl (C=O) groups is 2. The molecule has 0 saturated heterocycles. The maximum Gasteiger partial charge on any atom is 0.340 e. The third-order valence-corrected chi connectivity index (χ3v) is 6.12. The van der Waals surface area contributed by atoms with Crippen molar-refractivity contribution in [3.63, 3.8) is 0 Å².